The molecule has 2 fully saturated rings. The molecular formula is C14H23N5. The normalized spacial score (nSPS) is 25.6. The highest BCUT2D eigenvalue weighted by molar-refractivity contribution is 5.53. The Morgan fingerprint density at radius 3 is 2.74 bits per heavy atom. The summed E-state index contributed by atoms with van der Waals surface area (Å²) >= 11 is 0. The van der Waals surface area contributed by atoms with Gasteiger partial charge in [-0.15, -0.1) is 0 Å². The quantitative estimate of drug-likeness (QED) is 0.869. The predicted octanol–water partition coefficient (Wildman–Crippen LogP) is 2.12. The lowest BCUT2D eigenvalue weighted by Crippen LogP contribution is -2.22. The molecule has 2 unspecified atom stereocenters. The number of nitrogens with zero attached hydrogens (tertiary/aromatic N) is 3. The number of nitrogens with two attached hydrogens (primary N) is 1. The second kappa shape index (κ2) is 5.23. The highest BCUT2D eigenvalue weighted by Gasteiger charge is 2.36. The summed E-state index contributed by atoms with van der Waals surface area (Å²) in [5.41, 5.74) is 5.83. The summed E-state index contributed by atoms with van der Waals surface area (Å²) in [5.74, 6) is 3.93. The molecule has 5 nitrogen and oxygen atoms in total. The Labute approximate surface area is 114 Å². The Hall–Kier alpha value is -1.52. The van der Waals surface area contributed by atoms with E-state index in [-0.39, 0.29) is 0 Å². The summed E-state index contributed by atoms with van der Waals surface area (Å²) in [5, 5.41) is 3.29. The van der Waals surface area contributed by atoms with Gasteiger partial charge in [0, 0.05) is 25.7 Å². The van der Waals surface area contributed by atoms with Crippen LogP contribution in [0.3, 0.4) is 0 Å². The smallest absolute Gasteiger partial charge is 0.223 e. The average molecular weight is 261 g/mol. The maximum absolute atomic E-state index is 5.83. The number of rotatable bonds is 4. The van der Waals surface area contributed by atoms with E-state index in [1.807, 2.05) is 6.07 Å². The minimum absolute atomic E-state index is 0.369. The molecule has 1 saturated heterocycles. The zero-order chi connectivity index (χ0) is 13.2. The van der Waals surface area contributed by atoms with Crippen molar-refractivity contribution >= 4 is 17.6 Å². The first-order valence-corrected chi connectivity index (χ1v) is 7.39. The van der Waals surface area contributed by atoms with Crippen LogP contribution >= 0.6 is 0 Å². The highest BCUT2D eigenvalue weighted by atomic mass is 15.2. The van der Waals surface area contributed by atoms with Crippen LogP contribution in [0.2, 0.25) is 0 Å². The molecule has 0 amide bonds. The van der Waals surface area contributed by atoms with Gasteiger partial charge in [-0.1, -0.05) is 13.3 Å². The predicted molar refractivity (Wildman–Crippen MR) is 78.3 cm³/mol. The first-order chi connectivity index (χ1) is 9.26. The molecule has 0 spiro atoms. The molecule has 19 heavy (non-hydrogen) atoms. The molecule has 5 heteroatoms. The van der Waals surface area contributed by atoms with Crippen molar-refractivity contribution in [1.82, 2.24) is 9.97 Å². The molecule has 104 valence electrons. The number of aromatic nitrogens is 2. The molecule has 2 atom stereocenters. The van der Waals surface area contributed by atoms with Crippen molar-refractivity contribution in [1.29, 1.82) is 0 Å². The maximum atomic E-state index is 5.83. The molecule has 3 rings (SSSR count). The van der Waals surface area contributed by atoms with E-state index in [9.17, 15) is 0 Å². The van der Waals surface area contributed by atoms with Crippen molar-refractivity contribution in [3.05, 3.63) is 6.07 Å². The van der Waals surface area contributed by atoms with Gasteiger partial charge in [0.25, 0.3) is 0 Å². The van der Waals surface area contributed by atoms with Gasteiger partial charge in [0.15, 0.2) is 0 Å². The minimum Gasteiger partial charge on any atom is -0.370 e. The number of fused-ring (bicyclic) bond motifs is 1. The summed E-state index contributed by atoms with van der Waals surface area (Å²) in [6.07, 6.45) is 5.23. The summed E-state index contributed by atoms with van der Waals surface area (Å²) in [6.45, 7) is 5.32. The lowest BCUT2D eigenvalue weighted by Gasteiger charge is -2.19. The zero-order valence-electron chi connectivity index (χ0n) is 11.6. The van der Waals surface area contributed by atoms with Crippen LogP contribution in [-0.2, 0) is 0 Å². The van der Waals surface area contributed by atoms with E-state index in [1.54, 1.807) is 0 Å². The number of nitrogens with one attached hydrogen (secondary N) is 1. The van der Waals surface area contributed by atoms with Crippen molar-refractivity contribution < 1.29 is 0 Å². The van der Waals surface area contributed by atoms with E-state index in [2.05, 4.69) is 27.1 Å². The topological polar surface area (TPSA) is 67.1 Å². The third-order valence-corrected chi connectivity index (χ3v) is 4.34. The lowest BCUT2D eigenvalue weighted by molar-refractivity contribution is 0.494. The second-order valence-corrected chi connectivity index (χ2v) is 5.75. The Morgan fingerprint density at radius 2 is 2.05 bits per heavy atom. The van der Waals surface area contributed by atoms with Crippen LogP contribution in [0.15, 0.2) is 6.07 Å². The molecule has 1 aliphatic carbocycles. The fourth-order valence-corrected chi connectivity index (χ4v) is 3.38. The minimum atomic E-state index is 0.369. The van der Waals surface area contributed by atoms with Crippen LogP contribution in [0.25, 0.3) is 0 Å². The number of nitrogen functional groups attached to an aromatic ring is 1. The third-order valence-electron chi connectivity index (χ3n) is 4.34. The van der Waals surface area contributed by atoms with Gasteiger partial charge < -0.3 is 16.0 Å². The molecule has 1 aliphatic heterocycles. The van der Waals surface area contributed by atoms with Gasteiger partial charge in [0.1, 0.15) is 11.6 Å². The van der Waals surface area contributed by atoms with Crippen LogP contribution in [0, 0.1) is 11.8 Å². The average Bonchev–Trinajstić information content (AvgIpc) is 2.96. The molecule has 1 aromatic heterocycles. The van der Waals surface area contributed by atoms with E-state index >= 15 is 0 Å². The Balaban J connectivity index is 1.75. The van der Waals surface area contributed by atoms with Crippen molar-refractivity contribution in [2.75, 3.05) is 35.6 Å². The Kier molecular flexibility index (Phi) is 3.44. The van der Waals surface area contributed by atoms with Crippen LogP contribution in [0.1, 0.15) is 32.6 Å². The lowest BCUT2D eigenvalue weighted by atomic mass is 10.0. The van der Waals surface area contributed by atoms with Gasteiger partial charge in [-0.3, -0.25) is 0 Å². The molecule has 0 bridgehead atoms. The first-order valence-electron chi connectivity index (χ1n) is 7.39. The molecule has 3 N–H and O–H groups in total. The Morgan fingerprint density at radius 1 is 1.32 bits per heavy atom. The van der Waals surface area contributed by atoms with Gasteiger partial charge in [-0.05, 0) is 31.1 Å². The SMILES string of the molecule is CCCNc1cc(N2CC3CCCC3C2)nc(N)n1. The van der Waals surface area contributed by atoms with E-state index in [1.165, 1.54) is 19.3 Å². The molecule has 0 aromatic carbocycles. The van der Waals surface area contributed by atoms with Crippen molar-refractivity contribution in [3.63, 3.8) is 0 Å². The van der Waals surface area contributed by atoms with Gasteiger partial charge >= 0.3 is 0 Å². The van der Waals surface area contributed by atoms with Gasteiger partial charge in [0.2, 0.25) is 5.95 Å². The number of hydrogen-bond donors (Lipinski definition) is 2. The van der Waals surface area contributed by atoms with Crippen LogP contribution in [0.4, 0.5) is 17.6 Å². The van der Waals surface area contributed by atoms with Crippen LogP contribution < -0.4 is 16.0 Å². The van der Waals surface area contributed by atoms with E-state index in [0.717, 1.165) is 49.5 Å². The standard InChI is InChI=1S/C14H23N5/c1-2-6-16-12-7-13(18-14(15)17-12)19-8-10-4-3-5-11(10)9-19/h7,10-11H,2-6,8-9H2,1H3,(H3,15,16,17,18). The van der Waals surface area contributed by atoms with Crippen molar-refractivity contribution in [3.8, 4) is 0 Å². The highest BCUT2D eigenvalue weighted by Crippen LogP contribution is 2.39. The molecule has 1 aromatic rings. The van der Waals surface area contributed by atoms with Gasteiger partial charge in [-0.25, -0.2) is 0 Å². The monoisotopic (exact) mass is 261 g/mol. The number of hydrogen-bond acceptors (Lipinski definition) is 5. The fourth-order valence-electron chi connectivity index (χ4n) is 3.38. The molecular weight excluding hydrogens is 238 g/mol. The second-order valence-electron chi connectivity index (χ2n) is 5.75. The van der Waals surface area contributed by atoms with Crippen LogP contribution in [-0.4, -0.2) is 29.6 Å². The molecule has 2 heterocycles. The molecule has 1 saturated carbocycles. The van der Waals surface area contributed by atoms with E-state index in [0.29, 0.717) is 5.95 Å². The molecule has 0 radical (unpaired) electrons. The van der Waals surface area contributed by atoms with Crippen LogP contribution in [0.5, 0.6) is 0 Å². The summed E-state index contributed by atoms with van der Waals surface area (Å²) in [6, 6.07) is 2.03. The van der Waals surface area contributed by atoms with E-state index < -0.39 is 0 Å². The summed E-state index contributed by atoms with van der Waals surface area (Å²) < 4.78 is 0. The third kappa shape index (κ3) is 2.60. The Bertz CT molecular complexity index is 435. The zero-order valence-corrected chi connectivity index (χ0v) is 11.6. The van der Waals surface area contributed by atoms with Crippen molar-refractivity contribution in [2.45, 2.75) is 32.6 Å². The van der Waals surface area contributed by atoms with E-state index in [4.69, 9.17) is 5.73 Å². The first kappa shape index (κ1) is 12.5. The van der Waals surface area contributed by atoms with Gasteiger partial charge in [-0.2, -0.15) is 9.97 Å². The van der Waals surface area contributed by atoms with Gasteiger partial charge in [0.05, 0.1) is 0 Å². The number of anilines is 3. The largest absolute Gasteiger partial charge is 0.370 e. The summed E-state index contributed by atoms with van der Waals surface area (Å²) in [4.78, 5) is 11.0. The van der Waals surface area contributed by atoms with Crippen molar-refractivity contribution in [2.24, 2.45) is 11.8 Å². The fraction of sp³-hybridized carbons (Fsp3) is 0.714. The maximum Gasteiger partial charge on any atom is 0.223 e. The molecule has 2 aliphatic rings. The summed E-state index contributed by atoms with van der Waals surface area (Å²) in [7, 11) is 0.